The SMILES string of the molecule is CC[C@](C)(O)CNc1cc(C(F)(F)F)nc2ncnn12. The molecule has 1 atom stereocenters. The summed E-state index contributed by atoms with van der Waals surface area (Å²) in [6.45, 7) is 3.45. The number of aromatic nitrogens is 4. The average Bonchev–Trinajstić information content (AvgIpc) is 2.83. The van der Waals surface area contributed by atoms with Crippen molar-refractivity contribution in [2.24, 2.45) is 0 Å². The van der Waals surface area contributed by atoms with Crippen LogP contribution < -0.4 is 5.32 Å². The quantitative estimate of drug-likeness (QED) is 0.896. The fourth-order valence-electron chi connectivity index (χ4n) is 1.49. The number of alkyl halides is 3. The van der Waals surface area contributed by atoms with Crippen LogP contribution in [0.25, 0.3) is 5.78 Å². The molecule has 6 nitrogen and oxygen atoms in total. The van der Waals surface area contributed by atoms with E-state index in [2.05, 4.69) is 20.4 Å². The second kappa shape index (κ2) is 4.89. The van der Waals surface area contributed by atoms with Crippen molar-refractivity contribution in [1.82, 2.24) is 19.6 Å². The van der Waals surface area contributed by atoms with Gasteiger partial charge in [-0.25, -0.2) is 4.98 Å². The highest BCUT2D eigenvalue weighted by molar-refractivity contribution is 5.45. The number of nitrogens with zero attached hydrogens (tertiary/aromatic N) is 4. The van der Waals surface area contributed by atoms with E-state index in [9.17, 15) is 18.3 Å². The van der Waals surface area contributed by atoms with Crippen LogP contribution in [0.1, 0.15) is 26.0 Å². The number of anilines is 1. The lowest BCUT2D eigenvalue weighted by Gasteiger charge is -2.22. The first-order chi connectivity index (χ1) is 9.23. The Kier molecular flexibility index (Phi) is 3.55. The number of halogens is 3. The second-order valence-corrected chi connectivity index (χ2v) is 4.70. The van der Waals surface area contributed by atoms with Gasteiger partial charge in [-0.2, -0.15) is 27.8 Å². The van der Waals surface area contributed by atoms with Crippen molar-refractivity contribution in [3.05, 3.63) is 18.1 Å². The van der Waals surface area contributed by atoms with Gasteiger partial charge in [0, 0.05) is 12.6 Å². The molecule has 9 heteroatoms. The van der Waals surface area contributed by atoms with Gasteiger partial charge >= 0.3 is 6.18 Å². The van der Waals surface area contributed by atoms with E-state index in [0.717, 1.165) is 16.9 Å². The van der Waals surface area contributed by atoms with Crippen molar-refractivity contribution >= 4 is 11.6 Å². The smallest absolute Gasteiger partial charge is 0.388 e. The van der Waals surface area contributed by atoms with Gasteiger partial charge in [-0.3, -0.25) is 0 Å². The van der Waals surface area contributed by atoms with E-state index in [0.29, 0.717) is 6.42 Å². The van der Waals surface area contributed by atoms with Crippen LogP contribution in [0.3, 0.4) is 0 Å². The van der Waals surface area contributed by atoms with E-state index in [1.54, 1.807) is 13.8 Å². The predicted molar refractivity (Wildman–Crippen MR) is 65.2 cm³/mol. The summed E-state index contributed by atoms with van der Waals surface area (Å²) < 4.78 is 39.4. The van der Waals surface area contributed by atoms with Gasteiger partial charge in [0.15, 0.2) is 5.69 Å². The zero-order valence-electron chi connectivity index (χ0n) is 10.9. The molecule has 0 spiro atoms. The van der Waals surface area contributed by atoms with Gasteiger partial charge in [0.2, 0.25) is 0 Å². The Morgan fingerprint density at radius 3 is 2.70 bits per heavy atom. The molecule has 0 aliphatic rings. The summed E-state index contributed by atoms with van der Waals surface area (Å²) in [6, 6.07) is 0.841. The molecule has 0 aliphatic heterocycles. The Morgan fingerprint density at radius 1 is 1.40 bits per heavy atom. The maximum absolute atomic E-state index is 12.7. The van der Waals surface area contributed by atoms with Crippen molar-refractivity contribution in [3.63, 3.8) is 0 Å². The summed E-state index contributed by atoms with van der Waals surface area (Å²) in [6.07, 6.45) is -3.00. The van der Waals surface area contributed by atoms with Gasteiger partial charge in [-0.05, 0) is 13.3 Å². The summed E-state index contributed by atoms with van der Waals surface area (Å²) in [5.74, 6) is -0.0768. The maximum atomic E-state index is 12.7. The topological polar surface area (TPSA) is 75.3 Å². The summed E-state index contributed by atoms with van der Waals surface area (Å²) in [5.41, 5.74) is -2.09. The Bertz CT molecular complexity index is 608. The van der Waals surface area contributed by atoms with E-state index in [1.165, 1.54) is 0 Å². The van der Waals surface area contributed by atoms with Gasteiger partial charge in [-0.15, -0.1) is 0 Å². The minimum Gasteiger partial charge on any atom is -0.388 e. The van der Waals surface area contributed by atoms with Gasteiger partial charge in [0.05, 0.1) is 5.60 Å². The molecule has 0 bridgehead atoms. The zero-order chi connectivity index (χ0) is 15.0. The minimum absolute atomic E-state index is 0.0774. The Hall–Kier alpha value is -1.90. The highest BCUT2D eigenvalue weighted by atomic mass is 19.4. The van der Waals surface area contributed by atoms with E-state index < -0.39 is 17.5 Å². The molecular formula is C11H14F3N5O. The highest BCUT2D eigenvalue weighted by Crippen LogP contribution is 2.29. The molecule has 0 aromatic carbocycles. The molecule has 0 unspecified atom stereocenters. The van der Waals surface area contributed by atoms with E-state index in [4.69, 9.17) is 0 Å². The fourth-order valence-corrected chi connectivity index (χ4v) is 1.49. The third kappa shape index (κ3) is 2.98. The molecule has 2 aromatic rings. The first-order valence-corrected chi connectivity index (χ1v) is 5.97. The third-order valence-electron chi connectivity index (χ3n) is 2.95. The largest absolute Gasteiger partial charge is 0.433 e. The van der Waals surface area contributed by atoms with Crippen LogP contribution in [-0.4, -0.2) is 36.8 Å². The summed E-state index contributed by atoms with van der Waals surface area (Å²) in [4.78, 5) is 7.05. The molecule has 0 radical (unpaired) electrons. The van der Waals surface area contributed by atoms with E-state index >= 15 is 0 Å². The lowest BCUT2D eigenvalue weighted by atomic mass is 10.0. The van der Waals surface area contributed by atoms with E-state index in [-0.39, 0.29) is 18.1 Å². The van der Waals surface area contributed by atoms with Crippen molar-refractivity contribution < 1.29 is 18.3 Å². The predicted octanol–water partition coefficient (Wildman–Crippen LogP) is 1.72. The van der Waals surface area contributed by atoms with Gasteiger partial charge in [0.25, 0.3) is 5.78 Å². The molecule has 2 aromatic heterocycles. The highest BCUT2D eigenvalue weighted by Gasteiger charge is 2.34. The minimum atomic E-state index is -4.57. The summed E-state index contributed by atoms with van der Waals surface area (Å²) in [7, 11) is 0. The number of hydrogen-bond donors (Lipinski definition) is 2. The van der Waals surface area contributed by atoms with Gasteiger partial charge in [0.1, 0.15) is 12.1 Å². The first kappa shape index (κ1) is 14.5. The molecule has 0 saturated carbocycles. The Morgan fingerprint density at radius 2 is 2.10 bits per heavy atom. The maximum Gasteiger partial charge on any atom is 0.433 e. The lowest BCUT2D eigenvalue weighted by Crippen LogP contribution is -2.33. The molecule has 110 valence electrons. The number of aliphatic hydroxyl groups is 1. The van der Waals surface area contributed by atoms with Crippen LogP contribution in [0.15, 0.2) is 12.4 Å². The molecule has 2 rings (SSSR count). The Balaban J connectivity index is 2.38. The molecule has 0 amide bonds. The molecule has 20 heavy (non-hydrogen) atoms. The van der Waals surface area contributed by atoms with Gasteiger partial charge in [-0.1, -0.05) is 6.92 Å². The number of fused-ring (bicyclic) bond motifs is 1. The Labute approximate surface area is 112 Å². The first-order valence-electron chi connectivity index (χ1n) is 5.97. The van der Waals surface area contributed by atoms with Crippen LogP contribution in [0.5, 0.6) is 0 Å². The van der Waals surface area contributed by atoms with Crippen molar-refractivity contribution in [2.75, 3.05) is 11.9 Å². The van der Waals surface area contributed by atoms with Crippen molar-refractivity contribution in [1.29, 1.82) is 0 Å². The normalized spacial score (nSPS) is 15.3. The molecule has 2 heterocycles. The van der Waals surface area contributed by atoms with Gasteiger partial charge < -0.3 is 10.4 Å². The van der Waals surface area contributed by atoms with Crippen LogP contribution in [-0.2, 0) is 6.18 Å². The monoisotopic (exact) mass is 289 g/mol. The van der Waals surface area contributed by atoms with Crippen LogP contribution in [0.4, 0.5) is 19.0 Å². The van der Waals surface area contributed by atoms with Crippen molar-refractivity contribution in [2.45, 2.75) is 32.0 Å². The lowest BCUT2D eigenvalue weighted by molar-refractivity contribution is -0.141. The van der Waals surface area contributed by atoms with Crippen LogP contribution in [0, 0.1) is 0 Å². The van der Waals surface area contributed by atoms with Crippen LogP contribution >= 0.6 is 0 Å². The third-order valence-corrected chi connectivity index (χ3v) is 2.95. The standard InChI is InChI=1S/C11H14F3N5O/c1-3-10(2,20)5-15-8-4-7(11(12,13)14)18-9-16-6-17-19(8)9/h4,6,15,20H,3,5H2,1-2H3/t10-/m0/s1. The molecule has 0 saturated heterocycles. The van der Waals surface area contributed by atoms with E-state index in [1.807, 2.05) is 0 Å². The zero-order valence-corrected chi connectivity index (χ0v) is 10.9. The molecule has 0 aliphatic carbocycles. The average molecular weight is 289 g/mol. The second-order valence-electron chi connectivity index (χ2n) is 4.70. The number of nitrogens with one attached hydrogen (secondary N) is 1. The van der Waals surface area contributed by atoms with Crippen molar-refractivity contribution in [3.8, 4) is 0 Å². The summed E-state index contributed by atoms with van der Waals surface area (Å²) in [5, 5.41) is 16.4. The number of hydrogen-bond acceptors (Lipinski definition) is 5. The number of rotatable bonds is 4. The molecular weight excluding hydrogens is 275 g/mol. The van der Waals surface area contributed by atoms with Crippen LogP contribution in [0.2, 0.25) is 0 Å². The summed E-state index contributed by atoms with van der Waals surface area (Å²) >= 11 is 0. The molecule has 0 fully saturated rings. The molecule has 2 N–H and O–H groups in total. The fraction of sp³-hybridized carbons (Fsp3) is 0.545.